The Hall–Kier alpha value is -1.91. The SMILES string of the molecule is Cc1nn(C)c(C)c1NS(=O)(=O)c1ccc(S(=O)(=O)N(C)C)cc1. The quantitative estimate of drug-likeness (QED) is 0.846. The number of aryl methyl sites for hydroxylation is 2. The third kappa shape index (κ3) is 3.30. The van der Waals surface area contributed by atoms with Crippen LogP contribution < -0.4 is 4.72 Å². The van der Waals surface area contributed by atoms with E-state index < -0.39 is 20.0 Å². The van der Waals surface area contributed by atoms with E-state index in [2.05, 4.69) is 9.82 Å². The lowest BCUT2D eigenvalue weighted by Gasteiger charge is -2.12. The predicted octanol–water partition coefficient (Wildman–Crippen LogP) is 1.09. The minimum Gasteiger partial charge on any atom is -0.276 e. The molecule has 132 valence electrons. The second-order valence-corrected chi connectivity index (χ2v) is 9.37. The van der Waals surface area contributed by atoms with Crippen LogP contribution in [0.2, 0.25) is 0 Å². The second kappa shape index (κ2) is 6.19. The molecule has 0 radical (unpaired) electrons. The summed E-state index contributed by atoms with van der Waals surface area (Å²) in [5.74, 6) is 0. The van der Waals surface area contributed by atoms with Gasteiger partial charge in [-0.3, -0.25) is 9.40 Å². The van der Waals surface area contributed by atoms with Crippen LogP contribution in [0, 0.1) is 13.8 Å². The minimum atomic E-state index is -3.84. The highest BCUT2D eigenvalue weighted by Crippen LogP contribution is 2.23. The number of hydrogen-bond donors (Lipinski definition) is 1. The third-order valence-electron chi connectivity index (χ3n) is 3.66. The lowest BCUT2D eigenvalue weighted by atomic mass is 10.3. The molecule has 0 aliphatic carbocycles. The molecule has 10 heteroatoms. The van der Waals surface area contributed by atoms with Crippen LogP contribution in [0.4, 0.5) is 5.69 Å². The lowest BCUT2D eigenvalue weighted by molar-refractivity contribution is 0.520. The molecule has 0 atom stereocenters. The Labute approximate surface area is 142 Å². The number of aromatic nitrogens is 2. The molecule has 0 amide bonds. The van der Waals surface area contributed by atoms with Crippen LogP contribution in [-0.2, 0) is 27.1 Å². The van der Waals surface area contributed by atoms with Crippen molar-refractivity contribution < 1.29 is 16.8 Å². The standard InChI is InChI=1S/C14H20N4O4S2/c1-10-14(11(2)18(5)15-10)16-23(19,20)12-6-8-13(9-7-12)24(21,22)17(3)4/h6-9,16H,1-5H3. The van der Waals surface area contributed by atoms with Gasteiger partial charge in [0.2, 0.25) is 10.0 Å². The molecule has 0 saturated carbocycles. The number of nitrogens with one attached hydrogen (secondary N) is 1. The van der Waals surface area contributed by atoms with Gasteiger partial charge in [-0.2, -0.15) is 5.10 Å². The van der Waals surface area contributed by atoms with Crippen LogP contribution in [0.5, 0.6) is 0 Å². The summed E-state index contributed by atoms with van der Waals surface area (Å²) in [6.07, 6.45) is 0. The van der Waals surface area contributed by atoms with Crippen LogP contribution in [0.25, 0.3) is 0 Å². The molecule has 1 aromatic heterocycles. The fourth-order valence-electron chi connectivity index (χ4n) is 2.12. The highest BCUT2D eigenvalue weighted by atomic mass is 32.2. The summed E-state index contributed by atoms with van der Waals surface area (Å²) in [4.78, 5) is 0.00282. The van der Waals surface area contributed by atoms with Crippen molar-refractivity contribution in [2.24, 2.45) is 7.05 Å². The van der Waals surface area contributed by atoms with Gasteiger partial charge in [0.05, 0.1) is 26.9 Å². The molecule has 24 heavy (non-hydrogen) atoms. The van der Waals surface area contributed by atoms with E-state index in [1.807, 2.05) is 0 Å². The van der Waals surface area contributed by atoms with Gasteiger partial charge in [0.15, 0.2) is 0 Å². The normalized spacial score (nSPS) is 12.6. The molecular weight excluding hydrogens is 352 g/mol. The van der Waals surface area contributed by atoms with E-state index in [4.69, 9.17) is 0 Å². The fraction of sp³-hybridized carbons (Fsp3) is 0.357. The molecule has 8 nitrogen and oxygen atoms in total. The molecule has 1 N–H and O–H groups in total. The van der Waals surface area contributed by atoms with E-state index in [0.717, 1.165) is 4.31 Å². The first-order valence-electron chi connectivity index (χ1n) is 7.02. The van der Waals surface area contributed by atoms with Gasteiger partial charge in [0.25, 0.3) is 10.0 Å². The number of nitrogens with zero attached hydrogens (tertiary/aromatic N) is 3. The zero-order valence-electron chi connectivity index (χ0n) is 14.1. The molecule has 1 aromatic carbocycles. The summed E-state index contributed by atoms with van der Waals surface area (Å²) in [6.45, 7) is 3.46. The van der Waals surface area contributed by atoms with Crippen molar-refractivity contribution in [3.8, 4) is 0 Å². The van der Waals surface area contributed by atoms with Crippen molar-refractivity contribution in [3.63, 3.8) is 0 Å². The summed E-state index contributed by atoms with van der Waals surface area (Å²) < 4.78 is 54.2. The monoisotopic (exact) mass is 372 g/mol. The Morgan fingerprint density at radius 1 is 1.00 bits per heavy atom. The van der Waals surface area contributed by atoms with E-state index in [1.54, 1.807) is 25.6 Å². The van der Waals surface area contributed by atoms with Gasteiger partial charge in [-0.15, -0.1) is 0 Å². The van der Waals surface area contributed by atoms with Crippen molar-refractivity contribution in [2.45, 2.75) is 23.6 Å². The van der Waals surface area contributed by atoms with Gasteiger partial charge < -0.3 is 0 Å². The van der Waals surface area contributed by atoms with Gasteiger partial charge in [-0.25, -0.2) is 21.1 Å². The van der Waals surface area contributed by atoms with Crippen LogP contribution in [0.15, 0.2) is 34.1 Å². The number of hydrogen-bond acceptors (Lipinski definition) is 5. The summed E-state index contributed by atoms with van der Waals surface area (Å²) in [5, 5.41) is 4.16. The topological polar surface area (TPSA) is 101 Å². The molecule has 2 aromatic rings. The maximum Gasteiger partial charge on any atom is 0.262 e. The Morgan fingerprint density at radius 3 is 1.92 bits per heavy atom. The molecule has 0 bridgehead atoms. The number of benzene rings is 1. The van der Waals surface area contributed by atoms with Gasteiger partial charge in [-0.1, -0.05) is 0 Å². The largest absolute Gasteiger partial charge is 0.276 e. The van der Waals surface area contributed by atoms with Crippen LogP contribution in [0.3, 0.4) is 0 Å². The second-order valence-electron chi connectivity index (χ2n) is 5.53. The lowest BCUT2D eigenvalue weighted by Crippen LogP contribution is -2.22. The fourth-order valence-corrected chi connectivity index (χ4v) is 4.19. The van der Waals surface area contributed by atoms with Crippen molar-refractivity contribution in [2.75, 3.05) is 18.8 Å². The van der Waals surface area contributed by atoms with Crippen molar-refractivity contribution in [3.05, 3.63) is 35.7 Å². The molecule has 1 heterocycles. The highest BCUT2D eigenvalue weighted by molar-refractivity contribution is 7.92. The highest BCUT2D eigenvalue weighted by Gasteiger charge is 2.21. The molecular formula is C14H20N4O4S2. The smallest absolute Gasteiger partial charge is 0.262 e. The van der Waals surface area contributed by atoms with E-state index in [9.17, 15) is 16.8 Å². The number of sulfonamides is 2. The molecule has 0 aliphatic heterocycles. The summed E-state index contributed by atoms with van der Waals surface area (Å²) in [6, 6.07) is 5.07. The zero-order valence-corrected chi connectivity index (χ0v) is 15.7. The maximum absolute atomic E-state index is 12.5. The first-order chi connectivity index (χ1) is 11.0. The Morgan fingerprint density at radius 2 is 1.50 bits per heavy atom. The minimum absolute atomic E-state index is 0.0251. The molecule has 0 unspecified atom stereocenters. The first-order valence-corrected chi connectivity index (χ1v) is 9.95. The van der Waals surface area contributed by atoms with Gasteiger partial charge in [0.1, 0.15) is 0 Å². The van der Waals surface area contributed by atoms with Crippen LogP contribution in [0.1, 0.15) is 11.4 Å². The van der Waals surface area contributed by atoms with Gasteiger partial charge in [0, 0.05) is 21.1 Å². The third-order valence-corrected chi connectivity index (χ3v) is 6.85. The molecule has 0 spiro atoms. The van der Waals surface area contributed by atoms with E-state index in [-0.39, 0.29) is 9.79 Å². The Kier molecular flexibility index (Phi) is 4.75. The Bertz CT molecular complexity index is 959. The Balaban J connectivity index is 2.37. The van der Waals surface area contributed by atoms with Crippen LogP contribution >= 0.6 is 0 Å². The average Bonchev–Trinajstić information content (AvgIpc) is 2.73. The number of rotatable bonds is 5. The molecule has 0 fully saturated rings. The molecule has 0 aliphatic rings. The zero-order chi connectivity index (χ0) is 18.3. The summed E-state index contributed by atoms with van der Waals surface area (Å²) in [7, 11) is -2.89. The van der Waals surface area contributed by atoms with Crippen LogP contribution in [-0.4, -0.2) is 45.0 Å². The predicted molar refractivity (Wildman–Crippen MR) is 90.8 cm³/mol. The van der Waals surface area contributed by atoms with Crippen molar-refractivity contribution in [1.82, 2.24) is 14.1 Å². The van der Waals surface area contributed by atoms with Gasteiger partial charge in [-0.05, 0) is 38.1 Å². The van der Waals surface area contributed by atoms with E-state index >= 15 is 0 Å². The first kappa shape index (κ1) is 18.4. The number of anilines is 1. The van der Waals surface area contributed by atoms with E-state index in [0.29, 0.717) is 17.1 Å². The molecule has 0 saturated heterocycles. The summed E-state index contributed by atoms with van der Waals surface area (Å²) >= 11 is 0. The van der Waals surface area contributed by atoms with Gasteiger partial charge >= 0.3 is 0 Å². The average molecular weight is 372 g/mol. The van der Waals surface area contributed by atoms with Crippen molar-refractivity contribution in [1.29, 1.82) is 0 Å². The maximum atomic E-state index is 12.5. The van der Waals surface area contributed by atoms with E-state index in [1.165, 1.54) is 38.4 Å². The summed E-state index contributed by atoms with van der Waals surface area (Å²) in [5.41, 5.74) is 1.66. The molecule has 2 rings (SSSR count). The van der Waals surface area contributed by atoms with Crippen molar-refractivity contribution >= 4 is 25.7 Å².